The molecule has 0 radical (unpaired) electrons. The van der Waals surface area contributed by atoms with Crippen molar-refractivity contribution in [2.75, 3.05) is 11.9 Å². The minimum Gasteiger partial charge on any atom is -0.369 e. The van der Waals surface area contributed by atoms with Gasteiger partial charge in [0.05, 0.1) is 4.92 Å². The van der Waals surface area contributed by atoms with Crippen LogP contribution >= 0.6 is 0 Å². The lowest BCUT2D eigenvalue weighted by atomic mass is 10.2. The number of nitrogens with zero attached hydrogens (tertiary/aromatic N) is 3. The Morgan fingerprint density at radius 2 is 2.50 bits per heavy atom. The smallest absolute Gasteiger partial charge is 0.289 e. The predicted octanol–water partition coefficient (Wildman–Crippen LogP) is 1.29. The predicted molar refractivity (Wildman–Crippen MR) is 49.8 cm³/mol. The fraction of sp³-hybridized carbons (Fsp3) is 0.250. The first-order chi connectivity index (χ1) is 6.69. The third-order valence-electron chi connectivity index (χ3n) is 1.55. The van der Waals surface area contributed by atoms with E-state index in [0.29, 0.717) is 12.4 Å². The van der Waals surface area contributed by atoms with E-state index in [9.17, 15) is 10.1 Å². The highest BCUT2D eigenvalue weighted by Gasteiger charge is 2.10. The molecule has 1 heterocycles. The number of nitro groups is 1. The molecule has 0 spiro atoms. The van der Waals surface area contributed by atoms with E-state index in [1.54, 1.807) is 0 Å². The first-order valence-corrected chi connectivity index (χ1v) is 3.97. The van der Waals surface area contributed by atoms with E-state index in [1.165, 1.54) is 6.07 Å². The summed E-state index contributed by atoms with van der Waals surface area (Å²) in [7, 11) is 0. The first-order valence-electron chi connectivity index (χ1n) is 3.97. The van der Waals surface area contributed by atoms with E-state index in [4.69, 9.17) is 5.26 Å². The van der Waals surface area contributed by atoms with Gasteiger partial charge in [-0.3, -0.25) is 10.1 Å². The first kappa shape index (κ1) is 9.92. The van der Waals surface area contributed by atoms with Gasteiger partial charge >= 0.3 is 0 Å². The summed E-state index contributed by atoms with van der Waals surface area (Å²) in [6, 6.07) is 3.05. The summed E-state index contributed by atoms with van der Waals surface area (Å²) in [4.78, 5) is 13.6. The van der Waals surface area contributed by atoms with Gasteiger partial charge in [-0.25, -0.2) is 4.98 Å². The Bertz CT molecular complexity index is 397. The monoisotopic (exact) mass is 192 g/mol. The Hall–Kier alpha value is -2.16. The van der Waals surface area contributed by atoms with E-state index in [0.717, 1.165) is 6.20 Å². The third kappa shape index (κ3) is 1.95. The van der Waals surface area contributed by atoms with Crippen LogP contribution in [0.4, 0.5) is 11.5 Å². The number of pyridine rings is 1. The molecule has 6 heteroatoms. The van der Waals surface area contributed by atoms with Crippen LogP contribution < -0.4 is 5.32 Å². The van der Waals surface area contributed by atoms with Crippen LogP contribution in [-0.2, 0) is 0 Å². The molecule has 14 heavy (non-hydrogen) atoms. The molecule has 0 unspecified atom stereocenters. The van der Waals surface area contributed by atoms with Crippen LogP contribution in [0.15, 0.2) is 12.3 Å². The molecule has 72 valence electrons. The Morgan fingerprint density at radius 1 is 1.79 bits per heavy atom. The van der Waals surface area contributed by atoms with Gasteiger partial charge in [-0.2, -0.15) is 5.26 Å². The van der Waals surface area contributed by atoms with Gasteiger partial charge in [-0.15, -0.1) is 0 Å². The van der Waals surface area contributed by atoms with Crippen molar-refractivity contribution in [3.8, 4) is 6.07 Å². The van der Waals surface area contributed by atoms with Gasteiger partial charge in [0, 0.05) is 12.6 Å². The Morgan fingerprint density at radius 3 is 3.00 bits per heavy atom. The van der Waals surface area contributed by atoms with Crippen molar-refractivity contribution in [3.05, 3.63) is 27.9 Å². The number of rotatable bonds is 3. The van der Waals surface area contributed by atoms with Crippen LogP contribution in [0.3, 0.4) is 0 Å². The maximum atomic E-state index is 10.4. The molecule has 0 fully saturated rings. The summed E-state index contributed by atoms with van der Waals surface area (Å²) in [6.45, 7) is 2.46. The van der Waals surface area contributed by atoms with E-state index < -0.39 is 4.92 Å². The zero-order valence-corrected chi connectivity index (χ0v) is 7.52. The molecular weight excluding hydrogens is 184 g/mol. The molecular formula is C8H8N4O2. The normalized spacial score (nSPS) is 9.14. The van der Waals surface area contributed by atoms with Gasteiger partial charge in [0.25, 0.3) is 5.69 Å². The van der Waals surface area contributed by atoms with Crippen molar-refractivity contribution in [3.63, 3.8) is 0 Å². The molecule has 0 aliphatic carbocycles. The highest BCUT2D eigenvalue weighted by Crippen LogP contribution is 2.17. The minimum atomic E-state index is -0.580. The molecule has 1 N–H and O–H groups in total. The number of hydrogen-bond donors (Lipinski definition) is 1. The summed E-state index contributed by atoms with van der Waals surface area (Å²) < 4.78 is 0. The van der Waals surface area contributed by atoms with Crippen LogP contribution in [0.1, 0.15) is 12.5 Å². The van der Waals surface area contributed by atoms with Gasteiger partial charge in [0.1, 0.15) is 23.6 Å². The molecule has 0 aliphatic heterocycles. The second-order valence-corrected chi connectivity index (χ2v) is 2.49. The number of nitriles is 1. The summed E-state index contributed by atoms with van der Waals surface area (Å²) >= 11 is 0. The SMILES string of the molecule is CCNc1ncc([N+](=O)[O-])cc1C#N. The largest absolute Gasteiger partial charge is 0.369 e. The van der Waals surface area contributed by atoms with Crippen molar-refractivity contribution in [1.82, 2.24) is 4.98 Å². The van der Waals surface area contributed by atoms with Gasteiger partial charge in [-0.05, 0) is 6.92 Å². The minimum absolute atomic E-state index is 0.178. The second-order valence-electron chi connectivity index (χ2n) is 2.49. The van der Waals surface area contributed by atoms with Gasteiger partial charge < -0.3 is 5.32 Å². The molecule has 0 aromatic carbocycles. The van der Waals surface area contributed by atoms with Crippen molar-refractivity contribution >= 4 is 11.5 Å². The Labute approximate surface area is 80.3 Å². The van der Waals surface area contributed by atoms with Crippen LogP contribution in [0.2, 0.25) is 0 Å². The molecule has 0 bridgehead atoms. The van der Waals surface area contributed by atoms with E-state index in [2.05, 4.69) is 10.3 Å². The number of anilines is 1. The summed E-state index contributed by atoms with van der Waals surface area (Å²) in [5, 5.41) is 21.9. The fourth-order valence-corrected chi connectivity index (χ4v) is 0.947. The van der Waals surface area contributed by atoms with Gasteiger partial charge in [0.2, 0.25) is 0 Å². The van der Waals surface area contributed by atoms with E-state index >= 15 is 0 Å². The average Bonchev–Trinajstić information content (AvgIpc) is 2.18. The van der Waals surface area contributed by atoms with E-state index in [-0.39, 0.29) is 11.3 Å². The molecule has 0 atom stereocenters. The van der Waals surface area contributed by atoms with Crippen LogP contribution in [-0.4, -0.2) is 16.5 Å². The quantitative estimate of drug-likeness (QED) is 0.575. The summed E-state index contributed by atoms with van der Waals surface area (Å²) in [6.07, 6.45) is 1.12. The van der Waals surface area contributed by atoms with Gasteiger partial charge in [-0.1, -0.05) is 0 Å². The molecule has 1 aromatic rings. The molecule has 1 aromatic heterocycles. The van der Waals surface area contributed by atoms with Crippen LogP contribution in [0.5, 0.6) is 0 Å². The second kappa shape index (κ2) is 4.18. The fourth-order valence-electron chi connectivity index (χ4n) is 0.947. The average molecular weight is 192 g/mol. The van der Waals surface area contributed by atoms with Crippen molar-refractivity contribution in [2.24, 2.45) is 0 Å². The van der Waals surface area contributed by atoms with Crippen molar-refractivity contribution in [2.45, 2.75) is 6.92 Å². The maximum Gasteiger partial charge on any atom is 0.289 e. The molecule has 0 amide bonds. The molecule has 1 rings (SSSR count). The highest BCUT2D eigenvalue weighted by atomic mass is 16.6. The zero-order valence-electron chi connectivity index (χ0n) is 7.52. The Kier molecular flexibility index (Phi) is 2.97. The molecule has 0 saturated carbocycles. The maximum absolute atomic E-state index is 10.4. The molecule has 0 aliphatic rings. The van der Waals surface area contributed by atoms with Gasteiger partial charge in [0.15, 0.2) is 0 Å². The summed E-state index contributed by atoms with van der Waals surface area (Å²) in [5.74, 6) is 0.376. The number of nitrogens with one attached hydrogen (secondary N) is 1. The molecule has 6 nitrogen and oxygen atoms in total. The van der Waals surface area contributed by atoms with Crippen LogP contribution in [0.25, 0.3) is 0 Å². The van der Waals surface area contributed by atoms with Crippen LogP contribution in [0, 0.1) is 21.4 Å². The highest BCUT2D eigenvalue weighted by molar-refractivity contribution is 5.55. The van der Waals surface area contributed by atoms with Crippen molar-refractivity contribution in [1.29, 1.82) is 5.26 Å². The molecule has 0 saturated heterocycles. The van der Waals surface area contributed by atoms with E-state index in [1.807, 2.05) is 13.0 Å². The zero-order chi connectivity index (χ0) is 10.6. The number of aromatic nitrogens is 1. The topological polar surface area (TPSA) is 91.8 Å². The lowest BCUT2D eigenvalue weighted by Gasteiger charge is -2.02. The Balaban J connectivity index is 3.13. The standard InChI is InChI=1S/C8H8N4O2/c1-2-10-8-6(4-9)3-7(5-11-8)12(13)14/h3,5H,2H2,1H3,(H,10,11). The summed E-state index contributed by atoms with van der Waals surface area (Å²) in [5.41, 5.74) is 0.00394. The lowest BCUT2D eigenvalue weighted by molar-refractivity contribution is -0.385. The lowest BCUT2D eigenvalue weighted by Crippen LogP contribution is -2.02. The van der Waals surface area contributed by atoms with Crippen molar-refractivity contribution < 1.29 is 4.92 Å². The third-order valence-corrected chi connectivity index (χ3v) is 1.55. The number of hydrogen-bond acceptors (Lipinski definition) is 5.